The van der Waals surface area contributed by atoms with Crippen molar-refractivity contribution in [1.29, 1.82) is 0 Å². The van der Waals surface area contributed by atoms with Gasteiger partial charge in [-0.05, 0) is 35.6 Å². The maximum atomic E-state index is 13.5. The van der Waals surface area contributed by atoms with Crippen LogP contribution in [0.4, 0.5) is 4.39 Å². The molecule has 2 aromatic rings. The third-order valence-corrected chi connectivity index (χ3v) is 4.49. The number of fused-ring (bicyclic) bond motifs is 1. The van der Waals surface area contributed by atoms with Crippen LogP contribution in [0.3, 0.4) is 0 Å². The van der Waals surface area contributed by atoms with Gasteiger partial charge in [0.1, 0.15) is 5.82 Å². The Hall–Kier alpha value is -1.42. The van der Waals surface area contributed by atoms with Gasteiger partial charge in [-0.1, -0.05) is 48.0 Å². The third-order valence-electron chi connectivity index (χ3n) is 4.07. The van der Waals surface area contributed by atoms with Crippen molar-refractivity contribution in [3.05, 3.63) is 70.0 Å². The first-order valence-corrected chi connectivity index (χ1v) is 7.05. The lowest BCUT2D eigenvalue weighted by Gasteiger charge is -2.36. The Kier molecular flexibility index (Phi) is 3.74. The summed E-state index contributed by atoms with van der Waals surface area (Å²) < 4.78 is 13.5. The van der Waals surface area contributed by atoms with Gasteiger partial charge in [0.2, 0.25) is 0 Å². The summed E-state index contributed by atoms with van der Waals surface area (Å²) in [7, 11) is 0. The van der Waals surface area contributed by atoms with Gasteiger partial charge >= 0.3 is 0 Å². The molecule has 2 unspecified atom stereocenters. The van der Waals surface area contributed by atoms with Gasteiger partial charge in [0.05, 0.1) is 5.02 Å². The summed E-state index contributed by atoms with van der Waals surface area (Å²) in [5.41, 5.74) is 6.34. The zero-order valence-corrected chi connectivity index (χ0v) is 11.7. The van der Waals surface area contributed by atoms with Crippen molar-refractivity contribution in [1.82, 2.24) is 5.43 Å². The van der Waals surface area contributed by atoms with Crippen LogP contribution in [0.5, 0.6) is 0 Å². The fourth-order valence-electron chi connectivity index (χ4n) is 2.92. The van der Waals surface area contributed by atoms with Crippen LogP contribution in [-0.2, 0) is 12.8 Å². The van der Waals surface area contributed by atoms with E-state index < -0.39 is 0 Å². The van der Waals surface area contributed by atoms with Gasteiger partial charge in [-0.25, -0.2) is 4.39 Å². The summed E-state index contributed by atoms with van der Waals surface area (Å²) in [6.07, 6.45) is 1.62. The van der Waals surface area contributed by atoms with Crippen LogP contribution in [0.15, 0.2) is 42.5 Å². The molecule has 2 aromatic carbocycles. The summed E-state index contributed by atoms with van der Waals surface area (Å²) in [5.74, 6) is 5.67. The quantitative estimate of drug-likeness (QED) is 0.670. The SMILES string of the molecule is NNC(Cc1cccc(F)c1Cl)C1Cc2ccccc21. The first-order valence-electron chi connectivity index (χ1n) is 6.67. The number of hydrogen-bond acceptors (Lipinski definition) is 2. The molecule has 2 atom stereocenters. The highest BCUT2D eigenvalue weighted by Crippen LogP contribution is 2.38. The average molecular weight is 291 g/mol. The minimum atomic E-state index is -0.381. The normalized spacial score (nSPS) is 18.2. The Balaban J connectivity index is 1.81. The fraction of sp³-hybridized carbons (Fsp3) is 0.250. The summed E-state index contributed by atoms with van der Waals surface area (Å²) in [5, 5.41) is 0.195. The third kappa shape index (κ3) is 2.33. The Labute approximate surface area is 122 Å². The van der Waals surface area contributed by atoms with E-state index in [9.17, 15) is 4.39 Å². The van der Waals surface area contributed by atoms with Crippen molar-refractivity contribution in [3.8, 4) is 0 Å². The molecule has 0 amide bonds. The highest BCUT2D eigenvalue weighted by atomic mass is 35.5. The lowest BCUT2D eigenvalue weighted by molar-refractivity contribution is 0.403. The molecular weight excluding hydrogens is 275 g/mol. The average Bonchev–Trinajstić information content (AvgIpc) is 2.43. The number of rotatable bonds is 4. The zero-order chi connectivity index (χ0) is 14.1. The smallest absolute Gasteiger partial charge is 0.142 e. The largest absolute Gasteiger partial charge is 0.271 e. The van der Waals surface area contributed by atoms with Crippen molar-refractivity contribution in [2.45, 2.75) is 24.8 Å². The van der Waals surface area contributed by atoms with Crippen molar-refractivity contribution >= 4 is 11.6 Å². The number of benzene rings is 2. The standard InChI is InChI=1S/C16H16ClFN2/c17-16-11(5-3-7-14(16)18)9-15(20-19)13-8-10-4-1-2-6-12(10)13/h1-7,13,15,20H,8-9,19H2. The van der Waals surface area contributed by atoms with Crippen molar-refractivity contribution in [3.63, 3.8) is 0 Å². The highest BCUT2D eigenvalue weighted by Gasteiger charge is 2.32. The Bertz CT molecular complexity index is 630. The molecule has 0 aromatic heterocycles. The molecule has 0 heterocycles. The van der Waals surface area contributed by atoms with Gasteiger partial charge in [-0.2, -0.15) is 0 Å². The Morgan fingerprint density at radius 3 is 2.80 bits per heavy atom. The van der Waals surface area contributed by atoms with Gasteiger partial charge in [0, 0.05) is 12.0 Å². The van der Waals surface area contributed by atoms with E-state index in [-0.39, 0.29) is 16.9 Å². The van der Waals surface area contributed by atoms with Gasteiger partial charge in [-0.3, -0.25) is 11.3 Å². The minimum absolute atomic E-state index is 0.0594. The molecular formula is C16H16ClFN2. The van der Waals surface area contributed by atoms with Crippen molar-refractivity contribution in [2.75, 3.05) is 0 Å². The summed E-state index contributed by atoms with van der Waals surface area (Å²) in [6.45, 7) is 0. The molecule has 20 heavy (non-hydrogen) atoms. The molecule has 3 N–H and O–H groups in total. The summed E-state index contributed by atoms with van der Waals surface area (Å²) in [4.78, 5) is 0. The van der Waals surface area contributed by atoms with Crippen LogP contribution >= 0.6 is 11.6 Å². The molecule has 2 nitrogen and oxygen atoms in total. The molecule has 1 aliphatic rings. The predicted molar refractivity (Wildman–Crippen MR) is 79.1 cm³/mol. The predicted octanol–water partition coefficient (Wildman–Crippen LogP) is 3.19. The van der Waals surface area contributed by atoms with E-state index in [1.165, 1.54) is 17.2 Å². The number of halogens is 2. The molecule has 0 radical (unpaired) electrons. The van der Waals surface area contributed by atoms with Crippen LogP contribution in [0.25, 0.3) is 0 Å². The maximum Gasteiger partial charge on any atom is 0.142 e. The Morgan fingerprint density at radius 1 is 1.25 bits per heavy atom. The number of nitrogens with two attached hydrogens (primary N) is 1. The van der Waals surface area contributed by atoms with Gasteiger partial charge in [-0.15, -0.1) is 0 Å². The second-order valence-corrected chi connectivity index (χ2v) is 5.58. The highest BCUT2D eigenvalue weighted by molar-refractivity contribution is 6.31. The molecule has 0 aliphatic heterocycles. The second kappa shape index (κ2) is 5.52. The fourth-order valence-corrected chi connectivity index (χ4v) is 3.12. The van der Waals surface area contributed by atoms with Crippen LogP contribution in [0, 0.1) is 5.82 Å². The van der Waals surface area contributed by atoms with E-state index in [0.29, 0.717) is 12.3 Å². The first kappa shape index (κ1) is 13.6. The van der Waals surface area contributed by atoms with E-state index in [1.807, 2.05) is 18.2 Å². The summed E-state index contributed by atoms with van der Waals surface area (Å²) >= 11 is 6.02. The van der Waals surface area contributed by atoms with Gasteiger partial charge in [0.15, 0.2) is 0 Å². The van der Waals surface area contributed by atoms with Gasteiger partial charge < -0.3 is 0 Å². The molecule has 104 valence electrons. The van der Waals surface area contributed by atoms with Crippen LogP contribution in [-0.4, -0.2) is 6.04 Å². The number of hydrogen-bond donors (Lipinski definition) is 2. The number of hydrazine groups is 1. The molecule has 0 spiro atoms. The first-order chi connectivity index (χ1) is 9.70. The van der Waals surface area contributed by atoms with Gasteiger partial charge in [0.25, 0.3) is 0 Å². The Morgan fingerprint density at radius 2 is 2.05 bits per heavy atom. The molecule has 0 bridgehead atoms. The topological polar surface area (TPSA) is 38.0 Å². The van der Waals surface area contributed by atoms with Crippen LogP contribution in [0.2, 0.25) is 5.02 Å². The monoisotopic (exact) mass is 290 g/mol. The van der Waals surface area contributed by atoms with Crippen LogP contribution < -0.4 is 11.3 Å². The zero-order valence-electron chi connectivity index (χ0n) is 10.9. The van der Waals surface area contributed by atoms with Crippen LogP contribution in [0.1, 0.15) is 22.6 Å². The lowest BCUT2D eigenvalue weighted by atomic mass is 9.72. The van der Waals surface area contributed by atoms with Crippen molar-refractivity contribution < 1.29 is 4.39 Å². The molecule has 1 aliphatic carbocycles. The van der Waals surface area contributed by atoms with Crippen molar-refractivity contribution in [2.24, 2.45) is 5.84 Å². The molecule has 3 rings (SSSR count). The van der Waals surface area contributed by atoms with E-state index in [1.54, 1.807) is 6.07 Å². The molecule has 0 fully saturated rings. The van der Waals surface area contributed by atoms with E-state index in [2.05, 4.69) is 17.6 Å². The van der Waals surface area contributed by atoms with E-state index in [0.717, 1.165) is 12.0 Å². The maximum absolute atomic E-state index is 13.5. The van der Waals surface area contributed by atoms with E-state index in [4.69, 9.17) is 17.4 Å². The number of nitrogens with one attached hydrogen (secondary N) is 1. The lowest BCUT2D eigenvalue weighted by Crippen LogP contribution is -2.45. The minimum Gasteiger partial charge on any atom is -0.271 e. The molecule has 0 saturated heterocycles. The van der Waals surface area contributed by atoms with E-state index >= 15 is 0 Å². The summed E-state index contributed by atoms with van der Waals surface area (Å²) in [6, 6.07) is 13.3. The molecule has 4 heteroatoms. The second-order valence-electron chi connectivity index (χ2n) is 5.20. The molecule has 0 saturated carbocycles.